The van der Waals surface area contributed by atoms with Gasteiger partial charge in [0.05, 0.1) is 37.6 Å². The van der Waals surface area contributed by atoms with E-state index in [2.05, 4.69) is 53.6 Å². The number of likely N-dealkylation sites (N-methyl/N-ethyl adjacent to an activating group) is 1. The van der Waals surface area contributed by atoms with Crippen LogP contribution in [-0.4, -0.2) is 111 Å². The van der Waals surface area contributed by atoms with Gasteiger partial charge in [0.25, 0.3) is 0 Å². The summed E-state index contributed by atoms with van der Waals surface area (Å²) in [6.07, 6.45) is 6.38. The first-order chi connectivity index (χ1) is 31.0. The molecule has 2 fully saturated rings. The predicted molar refractivity (Wildman–Crippen MR) is 240 cm³/mol. The number of piperazine rings is 1. The number of rotatable bonds is 11. The van der Waals surface area contributed by atoms with Crippen LogP contribution < -0.4 is 33.2 Å². The lowest BCUT2D eigenvalue weighted by atomic mass is 9.71. The first-order valence-corrected chi connectivity index (χ1v) is 22.6. The fourth-order valence-corrected chi connectivity index (χ4v) is 13.0. The molecule has 3 aromatic rings. The Bertz CT molecular complexity index is 2500. The number of nitriles is 1. The van der Waals surface area contributed by atoms with Gasteiger partial charge >= 0.3 is 11.9 Å². The number of carbonyl (C=O) groups is 2. The molecular weight excluding hydrogens is 837 g/mol. The number of hydrogen-bond donors (Lipinski definition) is 0. The van der Waals surface area contributed by atoms with Crippen molar-refractivity contribution in [2.45, 2.75) is 74.6 Å². The van der Waals surface area contributed by atoms with Gasteiger partial charge in [0.1, 0.15) is 31.6 Å². The molecule has 0 aromatic heterocycles. The Morgan fingerprint density at radius 1 is 0.953 bits per heavy atom. The average Bonchev–Trinajstić information content (AvgIpc) is 3.78. The van der Waals surface area contributed by atoms with Gasteiger partial charge in [-0.3, -0.25) is 19.5 Å². The lowest BCUT2D eigenvalue weighted by molar-refractivity contribution is -0.164. The molecule has 7 heterocycles. The molecule has 7 atom stereocenters. The third-order valence-electron chi connectivity index (χ3n) is 13.8. The number of methoxy groups -OCH3 is 2. The highest BCUT2D eigenvalue weighted by atomic mass is 32.2. The number of aryl methyl sites for hydroxylation is 1. The van der Waals surface area contributed by atoms with Crippen LogP contribution in [0, 0.1) is 25.2 Å². The van der Waals surface area contributed by atoms with Crippen LogP contribution >= 0.6 is 11.8 Å². The van der Waals surface area contributed by atoms with Crippen LogP contribution in [0.1, 0.15) is 68.8 Å². The van der Waals surface area contributed by atoms with Crippen molar-refractivity contribution >= 4 is 23.7 Å². The predicted octanol–water partition coefficient (Wildman–Crippen LogP) is 6.60. The number of fused-ring (bicyclic) bond motifs is 9. The average molecular weight is 891 g/mol. The van der Waals surface area contributed by atoms with E-state index in [1.54, 1.807) is 44.2 Å². The maximum absolute atomic E-state index is 15.5. The second-order valence-electron chi connectivity index (χ2n) is 17.0. The second-order valence-corrected chi connectivity index (χ2v) is 18.1. The van der Waals surface area contributed by atoms with Crippen molar-refractivity contribution in [1.29, 1.82) is 5.26 Å². The van der Waals surface area contributed by atoms with E-state index in [4.69, 9.17) is 37.9 Å². The summed E-state index contributed by atoms with van der Waals surface area (Å²) in [5, 5.41) is 10.9. The monoisotopic (exact) mass is 890 g/mol. The molecule has 0 amide bonds. The molecule has 15 heteroatoms. The normalized spacial score (nSPS) is 26.5. The van der Waals surface area contributed by atoms with Crippen LogP contribution in [0.15, 0.2) is 56.2 Å². The maximum Gasteiger partial charge on any atom is 0.332 e. The first-order valence-electron chi connectivity index (χ1n) is 21.6. The van der Waals surface area contributed by atoms with Crippen molar-refractivity contribution in [2.24, 2.45) is 0 Å². The molecule has 10 rings (SSSR count). The lowest BCUT2D eigenvalue weighted by Gasteiger charge is -2.62. The minimum atomic E-state index is -1.34. The van der Waals surface area contributed by atoms with Gasteiger partial charge in [0, 0.05) is 60.1 Å². The SMILES string of the molecule is C=CCOc1cc2c(cc1OC)[C@@]1(CS[C@@H]3c4c(OC(C)=O)c(C)c5c(c4[C@H](COC1=O)N1[C@@H]3[C@@H]3c4c(cc(C)c(OC)c4OCC=C)C[C@@H]([C@@H]1C#N)N3C)OCO5)N(CC=C)CC2. The minimum absolute atomic E-state index is 0.0528. The third-order valence-corrected chi connectivity index (χ3v) is 15.2. The molecule has 0 N–H and O–H groups in total. The topological polar surface area (TPSA) is 141 Å². The lowest BCUT2D eigenvalue weighted by Crippen LogP contribution is -2.69. The molecule has 7 aliphatic rings. The molecule has 3 aromatic carbocycles. The van der Waals surface area contributed by atoms with E-state index in [0.717, 1.165) is 33.4 Å². The zero-order valence-corrected chi connectivity index (χ0v) is 38.0. The Labute approximate surface area is 378 Å². The van der Waals surface area contributed by atoms with Crippen LogP contribution in [-0.2, 0) is 32.7 Å². The smallest absolute Gasteiger partial charge is 0.332 e. The summed E-state index contributed by atoms with van der Waals surface area (Å²) >= 11 is 1.57. The van der Waals surface area contributed by atoms with E-state index in [9.17, 15) is 10.1 Å². The van der Waals surface area contributed by atoms with Gasteiger partial charge in [-0.25, -0.2) is 4.79 Å². The molecule has 336 valence electrons. The highest BCUT2D eigenvalue weighted by Gasteiger charge is 2.62. The van der Waals surface area contributed by atoms with Crippen LogP contribution in [0.25, 0.3) is 0 Å². The molecule has 2 saturated heterocycles. The van der Waals surface area contributed by atoms with Gasteiger partial charge < -0.3 is 37.9 Å². The summed E-state index contributed by atoms with van der Waals surface area (Å²) in [6.45, 7) is 18.4. The van der Waals surface area contributed by atoms with E-state index in [1.807, 2.05) is 26.0 Å². The summed E-state index contributed by atoms with van der Waals surface area (Å²) < 4.78 is 50.2. The van der Waals surface area contributed by atoms with E-state index < -0.39 is 46.9 Å². The number of hydrogen-bond acceptors (Lipinski definition) is 15. The molecule has 0 radical (unpaired) electrons. The summed E-state index contributed by atoms with van der Waals surface area (Å²) in [6, 6.07) is 6.18. The quantitative estimate of drug-likeness (QED) is 0.116. The molecular formula is C49H54N4O10S. The highest BCUT2D eigenvalue weighted by molar-refractivity contribution is 7.99. The van der Waals surface area contributed by atoms with Gasteiger partial charge in [-0.2, -0.15) is 5.26 Å². The summed E-state index contributed by atoms with van der Waals surface area (Å²) in [5.41, 5.74) is 5.30. The van der Waals surface area contributed by atoms with Crippen molar-refractivity contribution in [1.82, 2.24) is 14.7 Å². The van der Waals surface area contributed by atoms with Crippen molar-refractivity contribution in [3.63, 3.8) is 0 Å². The number of esters is 2. The second kappa shape index (κ2) is 17.0. The number of benzene rings is 3. The summed E-state index contributed by atoms with van der Waals surface area (Å²) in [4.78, 5) is 35.4. The Morgan fingerprint density at radius 2 is 1.72 bits per heavy atom. The fraction of sp³-hybridized carbons (Fsp3) is 0.449. The Balaban J connectivity index is 1.34. The van der Waals surface area contributed by atoms with Gasteiger partial charge in [0.15, 0.2) is 40.0 Å². The summed E-state index contributed by atoms with van der Waals surface area (Å²) in [5.74, 6) is 2.82. The van der Waals surface area contributed by atoms with Crippen LogP contribution in [0.5, 0.6) is 40.2 Å². The molecule has 1 spiro atoms. The molecule has 0 aliphatic carbocycles. The maximum atomic E-state index is 15.5. The standard InChI is InChI=1S/C49H54N4O10S/c1-10-14-52-15-13-29-20-36(58-16-11-2)35(56-8)21-31(29)49(52)24-64-47-39-38(46-44(61-25-62-46)27(5)43(39)63-28(6)54)34(23-60-48(49)55)53-33(22-50)32-19-30-18-26(4)42(57-9)45(59-17-12-3)37(30)40(41(47)53)51(32)7/h10-12,18,20-21,32-34,40-41,47H,1-3,13-17,19,23-25H2,4-9H3/t32-,33-,34-,40-,41+,47+,49+/m0/s1. The zero-order chi connectivity index (χ0) is 45.2. The van der Waals surface area contributed by atoms with Crippen molar-refractivity contribution in [2.75, 3.05) is 66.7 Å². The van der Waals surface area contributed by atoms with Gasteiger partial charge in [0.2, 0.25) is 6.79 Å². The number of carbonyl (C=O) groups excluding carboxylic acids is 2. The van der Waals surface area contributed by atoms with Crippen LogP contribution in [0.2, 0.25) is 0 Å². The van der Waals surface area contributed by atoms with E-state index in [0.29, 0.717) is 77.3 Å². The first kappa shape index (κ1) is 43.6. The van der Waals surface area contributed by atoms with Crippen LogP contribution in [0.4, 0.5) is 0 Å². The third kappa shape index (κ3) is 6.47. The van der Waals surface area contributed by atoms with Gasteiger partial charge in [-0.05, 0) is 68.1 Å². The summed E-state index contributed by atoms with van der Waals surface area (Å²) in [7, 11) is 5.30. The zero-order valence-electron chi connectivity index (χ0n) is 37.2. The molecule has 7 aliphatic heterocycles. The Hall–Kier alpha value is -5.66. The van der Waals surface area contributed by atoms with Crippen molar-refractivity contribution < 1.29 is 47.5 Å². The molecule has 64 heavy (non-hydrogen) atoms. The Morgan fingerprint density at radius 3 is 2.42 bits per heavy atom. The van der Waals surface area contributed by atoms with Crippen molar-refractivity contribution in [3.05, 3.63) is 101 Å². The number of nitrogens with zero attached hydrogens (tertiary/aromatic N) is 4. The largest absolute Gasteiger partial charge is 0.493 e. The van der Waals surface area contributed by atoms with Crippen molar-refractivity contribution in [3.8, 4) is 46.3 Å². The molecule has 0 unspecified atom stereocenters. The number of thioether (sulfide) groups is 1. The van der Waals surface area contributed by atoms with Crippen LogP contribution in [0.3, 0.4) is 0 Å². The fourth-order valence-electron chi connectivity index (χ4n) is 11.3. The van der Waals surface area contributed by atoms with E-state index in [-0.39, 0.29) is 38.4 Å². The van der Waals surface area contributed by atoms with Gasteiger partial charge in [-0.15, -0.1) is 18.3 Å². The molecule has 14 nitrogen and oxygen atoms in total. The minimum Gasteiger partial charge on any atom is -0.493 e. The molecule has 0 saturated carbocycles. The Kier molecular flexibility index (Phi) is 11.6. The van der Waals surface area contributed by atoms with E-state index >= 15 is 4.79 Å². The highest BCUT2D eigenvalue weighted by Crippen LogP contribution is 2.65. The van der Waals surface area contributed by atoms with E-state index in [1.165, 1.54) is 6.92 Å². The van der Waals surface area contributed by atoms with Gasteiger partial charge in [-0.1, -0.05) is 37.5 Å². The number of ether oxygens (including phenoxy) is 8. The molecule has 4 bridgehead atoms.